The van der Waals surface area contributed by atoms with Crippen molar-refractivity contribution in [2.45, 2.75) is 13.8 Å². The molecule has 3 heterocycles. The molecule has 0 aliphatic heterocycles. The molecule has 0 unspecified atom stereocenters. The largest absolute Gasteiger partial charge is 0.497 e. The summed E-state index contributed by atoms with van der Waals surface area (Å²) in [7, 11) is 3.37. The Balaban J connectivity index is 1.33. The third-order valence-corrected chi connectivity index (χ3v) is 5.20. The minimum atomic E-state index is -0.206. The lowest BCUT2D eigenvalue weighted by Gasteiger charge is -2.11. The van der Waals surface area contributed by atoms with Gasteiger partial charge in [0.2, 0.25) is 0 Å². The average Bonchev–Trinajstić information content (AvgIpc) is 3.23. The van der Waals surface area contributed by atoms with Crippen LogP contribution in [-0.2, 0) is 7.05 Å². The van der Waals surface area contributed by atoms with Gasteiger partial charge in [-0.1, -0.05) is 12.1 Å². The summed E-state index contributed by atoms with van der Waals surface area (Å²) in [5.41, 5.74) is 3.16. The van der Waals surface area contributed by atoms with Crippen LogP contribution in [0.15, 0.2) is 54.7 Å². The van der Waals surface area contributed by atoms with Gasteiger partial charge in [0, 0.05) is 38.0 Å². The standard InChI is InChI=1S/C25H28N8O2/c1-16-8-9-26-22(12-16)31-24-15-23(29-17(2)30-24)27-10-11-28-25(34)21-14-20(32-33(21)3)18-6-5-7-19(13-18)35-4/h5-9,12-15H,10-11H2,1-4H3,(H,28,34)(H2,26,27,29,30,31). The number of carbonyl (C=O) groups excluding carboxylic acids is 1. The zero-order valence-corrected chi connectivity index (χ0v) is 20.2. The Labute approximate surface area is 203 Å². The Morgan fingerprint density at radius 1 is 1.00 bits per heavy atom. The number of hydrogen-bond acceptors (Lipinski definition) is 8. The second kappa shape index (κ2) is 10.6. The smallest absolute Gasteiger partial charge is 0.269 e. The van der Waals surface area contributed by atoms with E-state index in [-0.39, 0.29) is 5.91 Å². The van der Waals surface area contributed by atoms with Crippen LogP contribution in [0.5, 0.6) is 5.75 Å². The molecule has 0 fully saturated rings. The molecular formula is C25H28N8O2. The van der Waals surface area contributed by atoms with Crippen molar-refractivity contribution in [1.82, 2.24) is 30.0 Å². The first kappa shape index (κ1) is 23.7. The molecule has 0 radical (unpaired) electrons. The van der Waals surface area contributed by atoms with E-state index in [2.05, 4.69) is 36.0 Å². The highest BCUT2D eigenvalue weighted by Crippen LogP contribution is 2.23. The lowest BCUT2D eigenvalue weighted by atomic mass is 10.1. The fourth-order valence-corrected chi connectivity index (χ4v) is 3.52. The quantitative estimate of drug-likeness (QED) is 0.317. The summed E-state index contributed by atoms with van der Waals surface area (Å²) in [6.45, 7) is 4.73. The molecule has 0 aliphatic rings. The Morgan fingerprint density at radius 3 is 2.63 bits per heavy atom. The van der Waals surface area contributed by atoms with Crippen molar-refractivity contribution in [2.75, 3.05) is 30.8 Å². The Kier molecular flexibility index (Phi) is 7.20. The molecule has 4 aromatic rings. The number of aromatic nitrogens is 5. The summed E-state index contributed by atoms with van der Waals surface area (Å²) in [5.74, 6) is 3.16. The van der Waals surface area contributed by atoms with Crippen LogP contribution in [0.25, 0.3) is 11.3 Å². The normalized spacial score (nSPS) is 10.6. The van der Waals surface area contributed by atoms with Gasteiger partial charge in [-0.25, -0.2) is 15.0 Å². The van der Waals surface area contributed by atoms with Crippen LogP contribution >= 0.6 is 0 Å². The monoisotopic (exact) mass is 472 g/mol. The van der Waals surface area contributed by atoms with Gasteiger partial charge in [-0.2, -0.15) is 5.10 Å². The molecule has 0 aliphatic carbocycles. The summed E-state index contributed by atoms with van der Waals surface area (Å²) in [4.78, 5) is 25.8. The summed E-state index contributed by atoms with van der Waals surface area (Å²) < 4.78 is 6.85. The maximum absolute atomic E-state index is 12.7. The molecule has 35 heavy (non-hydrogen) atoms. The summed E-state index contributed by atoms with van der Waals surface area (Å²) in [6, 6.07) is 15.0. The van der Waals surface area contributed by atoms with Crippen LogP contribution in [0, 0.1) is 13.8 Å². The maximum atomic E-state index is 12.7. The number of pyridine rings is 1. The molecule has 1 aromatic carbocycles. The van der Waals surface area contributed by atoms with Crippen LogP contribution in [0.1, 0.15) is 21.9 Å². The highest BCUT2D eigenvalue weighted by atomic mass is 16.5. The van der Waals surface area contributed by atoms with Crippen LogP contribution < -0.4 is 20.7 Å². The first-order chi connectivity index (χ1) is 16.9. The fraction of sp³-hybridized carbons (Fsp3) is 0.240. The molecule has 180 valence electrons. The van der Waals surface area contributed by atoms with Crippen molar-refractivity contribution in [3.8, 4) is 17.0 Å². The molecule has 3 N–H and O–H groups in total. The number of benzene rings is 1. The van der Waals surface area contributed by atoms with Gasteiger partial charge in [0.25, 0.3) is 5.91 Å². The van der Waals surface area contributed by atoms with Crippen molar-refractivity contribution < 1.29 is 9.53 Å². The number of amides is 1. The van der Waals surface area contributed by atoms with Crippen molar-refractivity contribution >= 4 is 23.4 Å². The molecule has 10 heteroatoms. The predicted octanol–water partition coefficient (Wildman–Crippen LogP) is 3.48. The lowest BCUT2D eigenvalue weighted by Crippen LogP contribution is -2.30. The van der Waals surface area contributed by atoms with Crippen molar-refractivity contribution in [3.05, 3.63) is 71.8 Å². The molecule has 10 nitrogen and oxygen atoms in total. The zero-order valence-electron chi connectivity index (χ0n) is 20.2. The van der Waals surface area contributed by atoms with Gasteiger partial charge in [0.05, 0.1) is 12.8 Å². The molecule has 4 rings (SSSR count). The molecule has 0 saturated heterocycles. The van der Waals surface area contributed by atoms with E-state index in [9.17, 15) is 4.79 Å². The summed E-state index contributed by atoms with van der Waals surface area (Å²) in [5, 5.41) is 13.8. The molecular weight excluding hydrogens is 444 g/mol. The van der Waals surface area contributed by atoms with Gasteiger partial charge in [-0.15, -0.1) is 0 Å². The highest BCUT2D eigenvalue weighted by Gasteiger charge is 2.14. The van der Waals surface area contributed by atoms with E-state index in [1.807, 2.05) is 50.2 Å². The Hall–Kier alpha value is -4.47. The minimum Gasteiger partial charge on any atom is -0.497 e. The van der Waals surface area contributed by atoms with E-state index in [0.29, 0.717) is 47.8 Å². The van der Waals surface area contributed by atoms with Gasteiger partial charge < -0.3 is 20.7 Å². The van der Waals surface area contributed by atoms with E-state index >= 15 is 0 Å². The molecule has 1 amide bonds. The lowest BCUT2D eigenvalue weighted by molar-refractivity contribution is 0.0945. The molecule has 0 saturated carbocycles. The molecule has 3 aromatic heterocycles. The molecule has 0 bridgehead atoms. The predicted molar refractivity (Wildman–Crippen MR) is 135 cm³/mol. The van der Waals surface area contributed by atoms with E-state index < -0.39 is 0 Å². The number of rotatable bonds is 9. The van der Waals surface area contributed by atoms with E-state index in [1.165, 1.54) is 0 Å². The second-order valence-electron chi connectivity index (χ2n) is 7.98. The third kappa shape index (κ3) is 6.11. The van der Waals surface area contributed by atoms with Crippen LogP contribution in [0.3, 0.4) is 0 Å². The number of carbonyl (C=O) groups is 1. The number of hydrogen-bond donors (Lipinski definition) is 3. The van der Waals surface area contributed by atoms with Gasteiger partial charge in [-0.05, 0) is 49.7 Å². The maximum Gasteiger partial charge on any atom is 0.269 e. The topological polar surface area (TPSA) is 119 Å². The Morgan fingerprint density at radius 2 is 1.83 bits per heavy atom. The second-order valence-corrected chi connectivity index (χ2v) is 7.98. The molecule has 0 atom stereocenters. The van der Waals surface area contributed by atoms with Gasteiger partial charge in [0.15, 0.2) is 0 Å². The average molecular weight is 473 g/mol. The van der Waals surface area contributed by atoms with E-state index in [0.717, 1.165) is 16.9 Å². The SMILES string of the molecule is COc1cccc(-c2cc(C(=O)NCCNc3cc(Nc4cc(C)ccn4)nc(C)n3)n(C)n2)c1. The number of nitrogens with one attached hydrogen (secondary N) is 3. The van der Waals surface area contributed by atoms with Crippen molar-refractivity contribution in [1.29, 1.82) is 0 Å². The summed E-state index contributed by atoms with van der Waals surface area (Å²) >= 11 is 0. The van der Waals surface area contributed by atoms with Gasteiger partial charge >= 0.3 is 0 Å². The zero-order chi connectivity index (χ0) is 24.8. The fourth-order valence-electron chi connectivity index (χ4n) is 3.52. The van der Waals surface area contributed by atoms with Crippen molar-refractivity contribution in [3.63, 3.8) is 0 Å². The van der Waals surface area contributed by atoms with Crippen LogP contribution in [0.4, 0.5) is 17.5 Å². The Bertz CT molecular complexity index is 1330. The van der Waals surface area contributed by atoms with Gasteiger partial charge in [0.1, 0.15) is 34.7 Å². The third-order valence-electron chi connectivity index (χ3n) is 5.20. The number of ether oxygens (including phenoxy) is 1. The number of methoxy groups -OCH3 is 1. The number of aryl methyl sites for hydroxylation is 3. The number of nitrogens with zero attached hydrogens (tertiary/aromatic N) is 5. The number of anilines is 3. The van der Waals surface area contributed by atoms with Gasteiger partial charge in [-0.3, -0.25) is 9.48 Å². The highest BCUT2D eigenvalue weighted by molar-refractivity contribution is 5.93. The van der Waals surface area contributed by atoms with E-state index in [1.54, 1.807) is 37.2 Å². The van der Waals surface area contributed by atoms with Crippen LogP contribution in [-0.4, -0.2) is 50.8 Å². The minimum absolute atomic E-state index is 0.206. The molecule has 0 spiro atoms. The van der Waals surface area contributed by atoms with E-state index in [4.69, 9.17) is 4.74 Å². The van der Waals surface area contributed by atoms with Crippen molar-refractivity contribution in [2.24, 2.45) is 7.05 Å². The first-order valence-corrected chi connectivity index (χ1v) is 11.2. The van der Waals surface area contributed by atoms with Crippen LogP contribution in [0.2, 0.25) is 0 Å². The summed E-state index contributed by atoms with van der Waals surface area (Å²) in [6.07, 6.45) is 1.75. The first-order valence-electron chi connectivity index (χ1n) is 11.2.